The van der Waals surface area contributed by atoms with Crippen molar-refractivity contribution in [3.63, 3.8) is 0 Å². The van der Waals surface area contributed by atoms with E-state index < -0.39 is 80.6 Å². The number of aliphatic hydroxyl groups is 7. The summed E-state index contributed by atoms with van der Waals surface area (Å²) in [6, 6.07) is 0. The Balaban J connectivity index is 1.96. The zero-order valence-electron chi connectivity index (χ0n) is 18.2. The van der Waals surface area contributed by atoms with Gasteiger partial charge in [-0.05, 0) is 6.42 Å². The molecule has 0 aromatic rings. The number of carbonyl (C=O) groups is 1. The summed E-state index contributed by atoms with van der Waals surface area (Å²) in [6.45, 7) is -0.0163. The quantitative estimate of drug-likeness (QED) is 0.118. The van der Waals surface area contributed by atoms with Crippen LogP contribution in [0.4, 0.5) is 0 Å². The first-order valence-corrected chi connectivity index (χ1v) is 11.0. The first-order valence-electron chi connectivity index (χ1n) is 11.0. The molecule has 2 heterocycles. The summed E-state index contributed by atoms with van der Waals surface area (Å²) >= 11 is 0. The molecule has 2 aliphatic heterocycles. The van der Waals surface area contributed by atoms with Crippen LogP contribution in [0.5, 0.6) is 0 Å². The van der Waals surface area contributed by atoms with Crippen molar-refractivity contribution in [3.05, 3.63) is 0 Å². The van der Waals surface area contributed by atoms with Crippen LogP contribution in [-0.4, -0.2) is 116 Å². The van der Waals surface area contributed by atoms with Gasteiger partial charge in [-0.2, -0.15) is 0 Å². The van der Waals surface area contributed by atoms with E-state index in [1.807, 2.05) is 0 Å². The molecule has 0 spiro atoms. The van der Waals surface area contributed by atoms with E-state index in [1.54, 1.807) is 0 Å². The van der Waals surface area contributed by atoms with Gasteiger partial charge < -0.3 is 54.7 Å². The third kappa shape index (κ3) is 6.35. The van der Waals surface area contributed by atoms with Gasteiger partial charge in [0.2, 0.25) is 5.79 Å². The second kappa shape index (κ2) is 12.5. The van der Waals surface area contributed by atoms with Crippen molar-refractivity contribution in [2.45, 2.75) is 100 Å². The predicted molar refractivity (Wildman–Crippen MR) is 106 cm³/mol. The van der Waals surface area contributed by atoms with E-state index >= 15 is 0 Å². The average molecular weight is 468 g/mol. The van der Waals surface area contributed by atoms with Crippen LogP contribution in [0, 0.1) is 0 Å². The minimum Gasteiger partial charge on any atom is -0.463 e. The van der Waals surface area contributed by atoms with Crippen molar-refractivity contribution in [2.75, 3.05) is 19.8 Å². The molecule has 0 radical (unpaired) electrons. The Morgan fingerprint density at radius 1 is 0.906 bits per heavy atom. The molecule has 32 heavy (non-hydrogen) atoms. The molecular formula is C20H36O12. The monoisotopic (exact) mass is 468 g/mol. The Morgan fingerprint density at radius 2 is 1.59 bits per heavy atom. The second-order valence-electron chi connectivity index (χ2n) is 8.22. The fraction of sp³-hybridized carbons (Fsp3) is 0.950. The molecule has 2 saturated heterocycles. The summed E-state index contributed by atoms with van der Waals surface area (Å²) in [5, 5.41) is 69.7. The summed E-state index contributed by atoms with van der Waals surface area (Å²) in [5.74, 6) is -2.77. The molecule has 0 aliphatic carbocycles. The number of rotatable bonds is 12. The van der Waals surface area contributed by atoms with Gasteiger partial charge in [0.05, 0.1) is 6.61 Å². The maximum Gasteiger partial charge on any atom is 0.305 e. The van der Waals surface area contributed by atoms with Gasteiger partial charge in [0, 0.05) is 6.42 Å². The number of unbranched alkanes of at least 4 members (excludes halogenated alkanes) is 4. The van der Waals surface area contributed by atoms with Gasteiger partial charge in [-0.15, -0.1) is 0 Å². The molecule has 9 unspecified atom stereocenters. The van der Waals surface area contributed by atoms with E-state index in [1.165, 1.54) is 0 Å². The SMILES string of the molecule is CCCCCCCC(=O)OCC1OC(OC2(CO)OC(CO)C(O)C2O)C(O)C(O)C1O. The minimum atomic E-state index is -2.26. The van der Waals surface area contributed by atoms with Crippen LogP contribution in [0.3, 0.4) is 0 Å². The van der Waals surface area contributed by atoms with Crippen molar-refractivity contribution in [2.24, 2.45) is 0 Å². The van der Waals surface area contributed by atoms with Crippen molar-refractivity contribution < 1.29 is 59.5 Å². The second-order valence-corrected chi connectivity index (χ2v) is 8.22. The summed E-state index contributed by atoms with van der Waals surface area (Å²) in [5.41, 5.74) is 0. The molecule has 9 atom stereocenters. The van der Waals surface area contributed by atoms with Crippen molar-refractivity contribution in [1.82, 2.24) is 0 Å². The lowest BCUT2D eigenvalue weighted by Crippen LogP contribution is -2.62. The van der Waals surface area contributed by atoms with Crippen LogP contribution in [0.15, 0.2) is 0 Å². The minimum absolute atomic E-state index is 0.186. The number of hydrogen-bond acceptors (Lipinski definition) is 12. The van der Waals surface area contributed by atoms with Crippen molar-refractivity contribution in [3.8, 4) is 0 Å². The third-order valence-corrected chi connectivity index (χ3v) is 5.78. The third-order valence-electron chi connectivity index (χ3n) is 5.78. The summed E-state index contributed by atoms with van der Waals surface area (Å²) in [7, 11) is 0. The van der Waals surface area contributed by atoms with Gasteiger partial charge in [0.15, 0.2) is 6.29 Å². The average Bonchev–Trinajstić information content (AvgIpc) is 3.03. The fourth-order valence-electron chi connectivity index (χ4n) is 3.74. The van der Waals surface area contributed by atoms with E-state index in [4.69, 9.17) is 18.9 Å². The molecule has 0 aromatic carbocycles. The van der Waals surface area contributed by atoms with Crippen LogP contribution in [0.2, 0.25) is 0 Å². The van der Waals surface area contributed by atoms with Gasteiger partial charge in [-0.3, -0.25) is 4.79 Å². The lowest BCUT2D eigenvalue weighted by Gasteiger charge is -2.43. The van der Waals surface area contributed by atoms with Crippen LogP contribution in [0.1, 0.15) is 45.4 Å². The lowest BCUT2D eigenvalue weighted by molar-refractivity contribution is -0.383. The van der Waals surface area contributed by atoms with Gasteiger partial charge >= 0.3 is 5.97 Å². The highest BCUT2D eigenvalue weighted by molar-refractivity contribution is 5.69. The first-order chi connectivity index (χ1) is 15.2. The molecule has 0 amide bonds. The predicted octanol–water partition coefficient (Wildman–Crippen LogP) is -2.48. The highest BCUT2D eigenvalue weighted by Gasteiger charge is 2.58. The Bertz CT molecular complexity index is 577. The van der Waals surface area contributed by atoms with Crippen LogP contribution in [0.25, 0.3) is 0 Å². The maximum absolute atomic E-state index is 11.9. The highest BCUT2D eigenvalue weighted by Crippen LogP contribution is 2.36. The summed E-state index contributed by atoms with van der Waals surface area (Å²) < 4.78 is 21.2. The van der Waals surface area contributed by atoms with Gasteiger partial charge in [-0.25, -0.2) is 0 Å². The van der Waals surface area contributed by atoms with Gasteiger partial charge in [-0.1, -0.05) is 32.6 Å². The summed E-state index contributed by atoms with van der Waals surface area (Å²) in [4.78, 5) is 11.9. The standard InChI is InChI=1S/C20H36O12/c1-2-3-4-5-6-7-13(23)29-9-12-14(24)16(26)17(27)19(30-12)32-20(10-22)18(28)15(25)11(8-21)31-20/h11-12,14-19,21-22,24-28H,2-10H2,1H3. The van der Waals surface area contributed by atoms with Crippen molar-refractivity contribution >= 4 is 5.97 Å². The molecule has 188 valence electrons. The Morgan fingerprint density at radius 3 is 2.19 bits per heavy atom. The topological polar surface area (TPSA) is 196 Å². The Labute approximate surface area is 186 Å². The lowest BCUT2D eigenvalue weighted by atomic mass is 9.99. The molecule has 12 heteroatoms. The Kier molecular flexibility index (Phi) is 10.7. The molecule has 0 bridgehead atoms. The molecule has 0 aromatic heterocycles. The van der Waals surface area contributed by atoms with E-state index in [2.05, 4.69) is 6.92 Å². The molecule has 0 saturated carbocycles. The first kappa shape index (κ1) is 27.3. The van der Waals surface area contributed by atoms with E-state index in [9.17, 15) is 40.5 Å². The zero-order chi connectivity index (χ0) is 23.9. The van der Waals surface area contributed by atoms with Crippen molar-refractivity contribution in [1.29, 1.82) is 0 Å². The highest BCUT2D eigenvalue weighted by atomic mass is 16.8. The maximum atomic E-state index is 11.9. The van der Waals surface area contributed by atoms with Gasteiger partial charge in [0.1, 0.15) is 55.9 Å². The number of aliphatic hydroxyl groups excluding tert-OH is 7. The molecule has 2 rings (SSSR count). The smallest absolute Gasteiger partial charge is 0.305 e. The van der Waals surface area contributed by atoms with E-state index in [0.717, 1.165) is 25.7 Å². The molecule has 12 nitrogen and oxygen atoms in total. The van der Waals surface area contributed by atoms with E-state index in [0.29, 0.717) is 6.42 Å². The normalized spacial score (nSPS) is 39.9. The number of hydrogen-bond donors (Lipinski definition) is 7. The number of carbonyl (C=O) groups excluding carboxylic acids is 1. The molecular weight excluding hydrogens is 432 g/mol. The molecule has 2 fully saturated rings. The number of ether oxygens (including phenoxy) is 4. The fourth-order valence-corrected chi connectivity index (χ4v) is 3.74. The van der Waals surface area contributed by atoms with Crippen LogP contribution in [-0.2, 0) is 23.7 Å². The zero-order valence-corrected chi connectivity index (χ0v) is 18.2. The Hall–Kier alpha value is -0.930. The van der Waals surface area contributed by atoms with Crippen LogP contribution >= 0.6 is 0 Å². The molecule has 2 aliphatic rings. The van der Waals surface area contributed by atoms with E-state index in [-0.39, 0.29) is 6.42 Å². The largest absolute Gasteiger partial charge is 0.463 e. The number of esters is 1. The molecule has 7 N–H and O–H groups in total. The van der Waals surface area contributed by atoms with Gasteiger partial charge in [0.25, 0.3) is 0 Å². The summed E-state index contributed by atoms with van der Waals surface area (Å²) in [6.07, 6.45) is -7.98. The van der Waals surface area contributed by atoms with Crippen LogP contribution < -0.4 is 0 Å².